The lowest BCUT2D eigenvalue weighted by molar-refractivity contribution is -0.123. The van der Waals surface area contributed by atoms with Crippen molar-refractivity contribution in [2.24, 2.45) is 0 Å². The number of esters is 1. The number of thioether (sulfide) groups is 1. The number of carbonyl (C=O) groups is 3. The van der Waals surface area contributed by atoms with E-state index in [-0.39, 0.29) is 17.2 Å². The van der Waals surface area contributed by atoms with Gasteiger partial charge in [-0.3, -0.25) is 9.59 Å². The molecule has 10 heteroatoms. The van der Waals surface area contributed by atoms with E-state index in [0.717, 1.165) is 0 Å². The number of nitrogens with one attached hydrogen (secondary N) is 2. The van der Waals surface area contributed by atoms with Crippen LogP contribution in [-0.4, -0.2) is 63.1 Å². The Kier molecular flexibility index (Phi) is 8.96. The average molecular weight is 475 g/mol. The number of carbonyl (C=O) groups excluding carboxylic acids is 3. The van der Waals surface area contributed by atoms with Gasteiger partial charge < -0.3 is 29.6 Å². The van der Waals surface area contributed by atoms with Crippen molar-refractivity contribution in [2.45, 2.75) is 17.9 Å². The molecule has 0 radical (unpaired) electrons. The van der Waals surface area contributed by atoms with E-state index in [1.807, 2.05) is 0 Å². The summed E-state index contributed by atoms with van der Waals surface area (Å²) in [5, 5.41) is 5.43. The molecular formula is C23H26N2O7S. The fourth-order valence-corrected chi connectivity index (χ4v) is 3.76. The Labute approximate surface area is 196 Å². The lowest BCUT2D eigenvalue weighted by Crippen LogP contribution is -2.30. The predicted octanol–water partition coefficient (Wildman–Crippen LogP) is 2.50. The maximum atomic E-state index is 12.7. The van der Waals surface area contributed by atoms with E-state index in [2.05, 4.69) is 10.6 Å². The van der Waals surface area contributed by atoms with Crippen LogP contribution >= 0.6 is 11.8 Å². The predicted molar refractivity (Wildman–Crippen MR) is 123 cm³/mol. The molecule has 1 aliphatic heterocycles. The number of rotatable bonds is 10. The number of hydrogen-bond acceptors (Lipinski definition) is 8. The van der Waals surface area contributed by atoms with Gasteiger partial charge in [0.15, 0.2) is 17.6 Å². The Morgan fingerprint density at radius 3 is 2.64 bits per heavy atom. The third-order valence-electron chi connectivity index (χ3n) is 4.56. The van der Waals surface area contributed by atoms with Crippen molar-refractivity contribution >= 4 is 35.2 Å². The molecule has 1 aliphatic rings. The standard InChI is InChI=1S/C23H26N2O7S/c1-15(22(27)25-16-7-8-18-19(13-16)31-12-11-30-18)32-23(28)17-5-3-4-6-20(17)33-14-21(26)24-9-10-29-2/h3-8,13,15H,9-12,14H2,1-2H3,(H,24,26)(H,25,27). The number of hydrogen-bond donors (Lipinski definition) is 2. The fourth-order valence-electron chi connectivity index (χ4n) is 2.89. The molecule has 9 nitrogen and oxygen atoms in total. The number of ether oxygens (including phenoxy) is 4. The van der Waals surface area contributed by atoms with Gasteiger partial charge in [-0.05, 0) is 31.2 Å². The zero-order valence-corrected chi connectivity index (χ0v) is 19.2. The third kappa shape index (κ3) is 7.13. The summed E-state index contributed by atoms with van der Waals surface area (Å²) in [4.78, 5) is 37.8. The summed E-state index contributed by atoms with van der Waals surface area (Å²) in [6.07, 6.45) is -1.04. The normalized spacial score (nSPS) is 13.0. The van der Waals surface area contributed by atoms with Crippen LogP contribution in [0.1, 0.15) is 17.3 Å². The van der Waals surface area contributed by atoms with Gasteiger partial charge in [0.1, 0.15) is 13.2 Å². The smallest absolute Gasteiger partial charge is 0.340 e. The van der Waals surface area contributed by atoms with Crippen LogP contribution in [0.25, 0.3) is 0 Å². The zero-order chi connectivity index (χ0) is 23.6. The van der Waals surface area contributed by atoms with Crippen molar-refractivity contribution in [3.8, 4) is 11.5 Å². The monoisotopic (exact) mass is 474 g/mol. The summed E-state index contributed by atoms with van der Waals surface area (Å²) >= 11 is 1.21. The molecule has 1 atom stereocenters. The maximum absolute atomic E-state index is 12.7. The highest BCUT2D eigenvalue weighted by molar-refractivity contribution is 8.00. The van der Waals surface area contributed by atoms with E-state index < -0.39 is 18.0 Å². The van der Waals surface area contributed by atoms with Crippen LogP contribution in [0, 0.1) is 0 Å². The van der Waals surface area contributed by atoms with Crippen LogP contribution in [0.15, 0.2) is 47.4 Å². The van der Waals surface area contributed by atoms with E-state index in [1.54, 1.807) is 49.6 Å². The quantitative estimate of drug-likeness (QED) is 0.307. The first kappa shape index (κ1) is 24.4. The Morgan fingerprint density at radius 1 is 1.09 bits per heavy atom. The molecule has 0 saturated carbocycles. The number of fused-ring (bicyclic) bond motifs is 1. The van der Waals surface area contributed by atoms with Crippen molar-refractivity contribution in [1.29, 1.82) is 0 Å². The summed E-state index contributed by atoms with van der Waals surface area (Å²) in [5.74, 6) is -0.0207. The molecule has 176 valence electrons. The lowest BCUT2D eigenvalue weighted by atomic mass is 10.2. The van der Waals surface area contributed by atoms with Crippen molar-refractivity contribution < 1.29 is 33.3 Å². The summed E-state index contributed by atoms with van der Waals surface area (Å²) in [5.41, 5.74) is 0.786. The summed E-state index contributed by atoms with van der Waals surface area (Å²) in [7, 11) is 1.56. The van der Waals surface area contributed by atoms with Crippen LogP contribution in [0.2, 0.25) is 0 Å². The molecule has 3 rings (SSSR count). The number of methoxy groups -OCH3 is 1. The number of amides is 2. The highest BCUT2D eigenvalue weighted by Crippen LogP contribution is 2.32. The van der Waals surface area contributed by atoms with Gasteiger partial charge in [0, 0.05) is 30.3 Å². The maximum Gasteiger partial charge on any atom is 0.340 e. The van der Waals surface area contributed by atoms with Gasteiger partial charge in [-0.1, -0.05) is 12.1 Å². The second kappa shape index (κ2) is 12.1. The molecule has 2 N–H and O–H groups in total. The van der Waals surface area contributed by atoms with E-state index in [1.165, 1.54) is 18.7 Å². The van der Waals surface area contributed by atoms with E-state index in [9.17, 15) is 14.4 Å². The van der Waals surface area contributed by atoms with Crippen LogP contribution in [-0.2, 0) is 19.1 Å². The van der Waals surface area contributed by atoms with E-state index >= 15 is 0 Å². The Bertz CT molecular complexity index is 999. The molecule has 33 heavy (non-hydrogen) atoms. The van der Waals surface area contributed by atoms with Gasteiger partial charge in [0.25, 0.3) is 5.91 Å². The highest BCUT2D eigenvalue weighted by Gasteiger charge is 2.22. The molecule has 0 aliphatic carbocycles. The topological polar surface area (TPSA) is 112 Å². The van der Waals surface area contributed by atoms with Crippen LogP contribution in [0.5, 0.6) is 11.5 Å². The molecule has 1 unspecified atom stereocenters. The molecule has 2 aromatic rings. The molecule has 1 heterocycles. The Balaban J connectivity index is 1.56. The second-order valence-electron chi connectivity index (χ2n) is 7.02. The molecule has 0 spiro atoms. The lowest BCUT2D eigenvalue weighted by Gasteiger charge is -2.19. The number of anilines is 1. The van der Waals surface area contributed by atoms with E-state index in [0.29, 0.717) is 48.4 Å². The molecular weight excluding hydrogens is 448 g/mol. The van der Waals surface area contributed by atoms with Crippen LogP contribution in [0.4, 0.5) is 5.69 Å². The molecule has 2 aromatic carbocycles. The zero-order valence-electron chi connectivity index (χ0n) is 18.4. The minimum Gasteiger partial charge on any atom is -0.486 e. The Morgan fingerprint density at radius 2 is 1.85 bits per heavy atom. The van der Waals surface area contributed by atoms with Crippen molar-refractivity contribution in [3.63, 3.8) is 0 Å². The minimum atomic E-state index is -1.04. The SMILES string of the molecule is COCCNC(=O)CSc1ccccc1C(=O)OC(C)C(=O)Nc1ccc2c(c1)OCCO2. The van der Waals surface area contributed by atoms with Gasteiger partial charge >= 0.3 is 5.97 Å². The van der Waals surface area contributed by atoms with Gasteiger partial charge in [-0.25, -0.2) is 4.79 Å². The minimum absolute atomic E-state index is 0.133. The first-order valence-corrected chi connectivity index (χ1v) is 11.4. The molecule has 0 fully saturated rings. The van der Waals surface area contributed by atoms with Crippen molar-refractivity contribution in [2.75, 3.05) is 44.5 Å². The van der Waals surface area contributed by atoms with Crippen molar-refractivity contribution in [3.05, 3.63) is 48.0 Å². The van der Waals surface area contributed by atoms with Crippen LogP contribution < -0.4 is 20.1 Å². The largest absolute Gasteiger partial charge is 0.486 e. The first-order valence-electron chi connectivity index (χ1n) is 10.4. The molecule has 2 amide bonds. The van der Waals surface area contributed by atoms with Crippen molar-refractivity contribution in [1.82, 2.24) is 5.32 Å². The van der Waals surface area contributed by atoms with Gasteiger partial charge in [0.2, 0.25) is 5.91 Å². The van der Waals surface area contributed by atoms with Gasteiger partial charge in [0.05, 0.1) is 17.9 Å². The number of benzene rings is 2. The highest BCUT2D eigenvalue weighted by atomic mass is 32.2. The van der Waals surface area contributed by atoms with Gasteiger partial charge in [-0.2, -0.15) is 0 Å². The molecule has 0 aromatic heterocycles. The summed E-state index contributed by atoms with van der Waals surface area (Å²) in [6, 6.07) is 11.8. The molecule has 0 saturated heterocycles. The van der Waals surface area contributed by atoms with E-state index in [4.69, 9.17) is 18.9 Å². The second-order valence-corrected chi connectivity index (χ2v) is 8.04. The third-order valence-corrected chi connectivity index (χ3v) is 5.63. The van der Waals surface area contributed by atoms with Crippen LogP contribution in [0.3, 0.4) is 0 Å². The molecule has 0 bridgehead atoms. The summed E-state index contributed by atoms with van der Waals surface area (Å²) in [6.45, 7) is 3.24. The summed E-state index contributed by atoms with van der Waals surface area (Å²) < 4.78 is 21.2. The first-order chi connectivity index (χ1) is 16.0. The fraction of sp³-hybridized carbons (Fsp3) is 0.348. The van der Waals surface area contributed by atoms with Gasteiger partial charge in [-0.15, -0.1) is 11.8 Å². The Hall–Kier alpha value is -3.24. The average Bonchev–Trinajstić information content (AvgIpc) is 2.83.